The summed E-state index contributed by atoms with van der Waals surface area (Å²) in [5.41, 5.74) is 0.183. The van der Waals surface area contributed by atoms with Crippen LogP contribution in [0.15, 0.2) is 12.1 Å². The van der Waals surface area contributed by atoms with Gasteiger partial charge in [-0.25, -0.2) is 8.78 Å². The van der Waals surface area contributed by atoms with Crippen LogP contribution in [0.4, 0.5) is 14.5 Å². The maximum atomic E-state index is 13.5. The highest BCUT2D eigenvalue weighted by atomic mass is 19.1. The zero-order valence-corrected chi connectivity index (χ0v) is 11.7. The molecule has 0 fully saturated rings. The van der Waals surface area contributed by atoms with Crippen LogP contribution in [0, 0.1) is 35.3 Å². The number of nitrogens with zero attached hydrogens (tertiary/aromatic N) is 1. The number of rotatable bonds is 6. The van der Waals surface area contributed by atoms with Gasteiger partial charge in [-0.3, -0.25) is 0 Å². The normalized spacial score (nSPS) is 11.2. The number of benzene rings is 1. The van der Waals surface area contributed by atoms with Crippen molar-refractivity contribution in [1.82, 2.24) is 0 Å². The van der Waals surface area contributed by atoms with Crippen LogP contribution in [0.5, 0.6) is 0 Å². The van der Waals surface area contributed by atoms with Gasteiger partial charge >= 0.3 is 0 Å². The standard InChI is InChI=1S/C15H20F2N2/c1-11-8-13(17)14(9-12(11)16)19-7-5-4-6-15(2,3)10-18/h8-9,19H,4-7H2,1-3H3. The van der Waals surface area contributed by atoms with E-state index >= 15 is 0 Å². The van der Waals surface area contributed by atoms with E-state index in [1.165, 1.54) is 19.1 Å². The Balaban J connectivity index is 2.39. The summed E-state index contributed by atoms with van der Waals surface area (Å²) in [6.07, 6.45) is 2.50. The van der Waals surface area contributed by atoms with Crippen LogP contribution in [0.1, 0.15) is 38.7 Å². The van der Waals surface area contributed by atoms with Crippen LogP contribution in [-0.4, -0.2) is 6.54 Å². The Labute approximate surface area is 113 Å². The molecule has 19 heavy (non-hydrogen) atoms. The molecule has 0 aliphatic rings. The van der Waals surface area contributed by atoms with E-state index in [0.29, 0.717) is 12.1 Å². The molecule has 104 valence electrons. The zero-order chi connectivity index (χ0) is 14.5. The Morgan fingerprint density at radius 2 is 1.89 bits per heavy atom. The third-order valence-corrected chi connectivity index (χ3v) is 3.09. The number of anilines is 1. The van der Waals surface area contributed by atoms with Crippen molar-refractivity contribution in [3.63, 3.8) is 0 Å². The average molecular weight is 266 g/mol. The number of nitrogens with one attached hydrogen (secondary N) is 1. The molecule has 0 unspecified atom stereocenters. The van der Waals surface area contributed by atoms with Gasteiger partial charge in [-0.15, -0.1) is 0 Å². The molecule has 0 bridgehead atoms. The van der Waals surface area contributed by atoms with E-state index in [9.17, 15) is 8.78 Å². The second kappa shape index (κ2) is 6.51. The highest BCUT2D eigenvalue weighted by molar-refractivity contribution is 5.46. The lowest BCUT2D eigenvalue weighted by atomic mass is 9.89. The van der Waals surface area contributed by atoms with Gasteiger partial charge in [-0.1, -0.05) is 6.42 Å². The molecule has 1 N–H and O–H groups in total. The van der Waals surface area contributed by atoms with Gasteiger partial charge < -0.3 is 5.32 Å². The number of unbranched alkanes of at least 4 members (excludes halogenated alkanes) is 1. The van der Waals surface area contributed by atoms with Crippen molar-refractivity contribution in [1.29, 1.82) is 5.26 Å². The summed E-state index contributed by atoms with van der Waals surface area (Å²) >= 11 is 0. The molecule has 0 aliphatic carbocycles. The number of aryl methyl sites for hydroxylation is 1. The van der Waals surface area contributed by atoms with Crippen molar-refractivity contribution in [3.05, 3.63) is 29.3 Å². The Morgan fingerprint density at radius 3 is 2.53 bits per heavy atom. The second-order valence-electron chi connectivity index (χ2n) is 5.46. The van der Waals surface area contributed by atoms with Crippen molar-refractivity contribution in [3.8, 4) is 6.07 Å². The molecule has 4 heteroatoms. The monoisotopic (exact) mass is 266 g/mol. The lowest BCUT2D eigenvalue weighted by molar-refractivity contribution is 0.430. The molecule has 2 nitrogen and oxygen atoms in total. The van der Waals surface area contributed by atoms with E-state index in [-0.39, 0.29) is 11.1 Å². The Bertz CT molecular complexity index is 476. The summed E-state index contributed by atoms with van der Waals surface area (Å²) < 4.78 is 26.8. The summed E-state index contributed by atoms with van der Waals surface area (Å²) in [6.45, 7) is 5.90. The van der Waals surface area contributed by atoms with Crippen molar-refractivity contribution in [2.75, 3.05) is 11.9 Å². The van der Waals surface area contributed by atoms with Gasteiger partial charge in [-0.05, 0) is 45.2 Å². The summed E-state index contributed by atoms with van der Waals surface area (Å²) in [4.78, 5) is 0. The number of hydrogen-bond acceptors (Lipinski definition) is 2. The smallest absolute Gasteiger partial charge is 0.146 e. The third-order valence-electron chi connectivity index (χ3n) is 3.09. The first-order valence-electron chi connectivity index (χ1n) is 6.46. The van der Waals surface area contributed by atoms with E-state index in [1.54, 1.807) is 0 Å². The first-order valence-corrected chi connectivity index (χ1v) is 6.46. The maximum Gasteiger partial charge on any atom is 0.146 e. The molecular weight excluding hydrogens is 246 g/mol. The van der Waals surface area contributed by atoms with Crippen LogP contribution >= 0.6 is 0 Å². The molecule has 0 amide bonds. The summed E-state index contributed by atoms with van der Waals surface area (Å²) in [5, 5.41) is 11.8. The lowest BCUT2D eigenvalue weighted by Crippen LogP contribution is -2.09. The third kappa shape index (κ3) is 4.86. The average Bonchev–Trinajstić information content (AvgIpc) is 2.35. The van der Waals surface area contributed by atoms with Gasteiger partial charge in [0.2, 0.25) is 0 Å². The molecule has 0 atom stereocenters. The molecule has 0 aromatic heterocycles. The molecule has 0 saturated carbocycles. The van der Waals surface area contributed by atoms with E-state index in [0.717, 1.165) is 19.3 Å². The van der Waals surface area contributed by atoms with Crippen LogP contribution in [0.2, 0.25) is 0 Å². The van der Waals surface area contributed by atoms with Gasteiger partial charge in [0.05, 0.1) is 17.2 Å². The molecule has 0 saturated heterocycles. The predicted octanol–water partition coefficient (Wildman–Crippen LogP) is 4.41. The minimum atomic E-state index is -0.434. The Morgan fingerprint density at radius 1 is 1.21 bits per heavy atom. The quantitative estimate of drug-likeness (QED) is 0.774. The molecule has 1 aromatic carbocycles. The molecular formula is C15H20F2N2. The Kier molecular flexibility index (Phi) is 5.29. The van der Waals surface area contributed by atoms with Crippen molar-refractivity contribution < 1.29 is 8.78 Å². The predicted molar refractivity (Wildman–Crippen MR) is 72.8 cm³/mol. The minimum Gasteiger partial charge on any atom is -0.383 e. The molecule has 1 aromatic rings. The molecule has 1 rings (SSSR count). The van der Waals surface area contributed by atoms with Gasteiger partial charge in [0.25, 0.3) is 0 Å². The lowest BCUT2D eigenvalue weighted by Gasteiger charge is -2.14. The number of halogens is 2. The molecule has 0 spiro atoms. The van der Waals surface area contributed by atoms with Crippen LogP contribution < -0.4 is 5.32 Å². The zero-order valence-electron chi connectivity index (χ0n) is 11.7. The van der Waals surface area contributed by atoms with Crippen molar-refractivity contribution in [2.24, 2.45) is 5.41 Å². The molecule has 0 aliphatic heterocycles. The van der Waals surface area contributed by atoms with Gasteiger partial charge in [0.15, 0.2) is 0 Å². The molecule has 0 heterocycles. The van der Waals surface area contributed by atoms with Crippen LogP contribution in [-0.2, 0) is 0 Å². The van der Waals surface area contributed by atoms with Gasteiger partial charge in [0.1, 0.15) is 11.6 Å². The fraction of sp³-hybridized carbons (Fsp3) is 0.533. The highest BCUT2D eigenvalue weighted by Crippen LogP contribution is 2.22. The fourth-order valence-electron chi connectivity index (χ4n) is 1.75. The Hall–Kier alpha value is -1.63. The SMILES string of the molecule is Cc1cc(F)c(NCCCCC(C)(C)C#N)cc1F. The number of nitriles is 1. The first-order chi connectivity index (χ1) is 8.85. The summed E-state index contributed by atoms with van der Waals surface area (Å²) in [7, 11) is 0. The number of hydrogen-bond donors (Lipinski definition) is 1. The second-order valence-corrected chi connectivity index (χ2v) is 5.46. The minimum absolute atomic E-state index is 0.197. The van der Waals surface area contributed by atoms with E-state index in [2.05, 4.69) is 11.4 Å². The topological polar surface area (TPSA) is 35.8 Å². The first kappa shape index (κ1) is 15.4. The summed E-state index contributed by atoms with van der Waals surface area (Å²) in [5.74, 6) is -0.842. The van der Waals surface area contributed by atoms with Gasteiger partial charge in [0, 0.05) is 12.6 Å². The highest BCUT2D eigenvalue weighted by Gasteiger charge is 2.15. The summed E-state index contributed by atoms with van der Waals surface area (Å²) in [6, 6.07) is 4.62. The maximum absolute atomic E-state index is 13.5. The van der Waals surface area contributed by atoms with E-state index < -0.39 is 11.6 Å². The van der Waals surface area contributed by atoms with Crippen LogP contribution in [0.3, 0.4) is 0 Å². The van der Waals surface area contributed by atoms with E-state index in [4.69, 9.17) is 5.26 Å². The van der Waals surface area contributed by atoms with Crippen molar-refractivity contribution >= 4 is 5.69 Å². The van der Waals surface area contributed by atoms with Gasteiger partial charge in [-0.2, -0.15) is 5.26 Å². The fourth-order valence-corrected chi connectivity index (χ4v) is 1.75. The van der Waals surface area contributed by atoms with Crippen molar-refractivity contribution in [2.45, 2.75) is 40.0 Å². The van der Waals surface area contributed by atoms with E-state index in [1.807, 2.05) is 13.8 Å². The molecule has 0 radical (unpaired) electrons. The van der Waals surface area contributed by atoms with Crippen LogP contribution in [0.25, 0.3) is 0 Å². The largest absolute Gasteiger partial charge is 0.383 e.